The molecule has 1 unspecified atom stereocenters. The molecule has 1 atom stereocenters. The van der Waals surface area contributed by atoms with E-state index in [1.54, 1.807) is 0 Å². The molecule has 0 aliphatic carbocycles. The topological polar surface area (TPSA) is 21.3 Å². The molecule has 1 aliphatic rings. The van der Waals surface area contributed by atoms with E-state index in [-0.39, 0.29) is 0 Å². The van der Waals surface area contributed by atoms with E-state index in [1.807, 2.05) is 19.2 Å². The Hall–Kier alpha value is -0.570. The summed E-state index contributed by atoms with van der Waals surface area (Å²) < 4.78 is 5.44. The summed E-state index contributed by atoms with van der Waals surface area (Å²) in [6.07, 6.45) is 4.83. The van der Waals surface area contributed by atoms with Crippen LogP contribution in [0, 0.1) is 11.8 Å². The molecule has 2 rings (SSSR count). The zero-order valence-corrected chi connectivity index (χ0v) is 12.5. The average molecular weight is 282 g/mol. The van der Waals surface area contributed by atoms with Crippen molar-refractivity contribution in [3.05, 3.63) is 34.9 Å². The Bertz CT molecular complexity index is 377. The molecule has 0 aromatic heterocycles. The van der Waals surface area contributed by atoms with Crippen molar-refractivity contribution in [1.29, 1.82) is 0 Å². The lowest BCUT2D eigenvalue weighted by Crippen LogP contribution is -2.26. The summed E-state index contributed by atoms with van der Waals surface area (Å²) in [6, 6.07) is 8.26. The van der Waals surface area contributed by atoms with Crippen LogP contribution in [0.5, 0.6) is 0 Å². The number of ether oxygens (including phenoxy) is 1. The molecule has 1 fully saturated rings. The lowest BCUT2D eigenvalue weighted by Gasteiger charge is -2.26. The summed E-state index contributed by atoms with van der Waals surface area (Å²) >= 11 is 6.07. The van der Waals surface area contributed by atoms with E-state index in [2.05, 4.69) is 17.4 Å². The van der Waals surface area contributed by atoms with Gasteiger partial charge >= 0.3 is 0 Å². The molecule has 106 valence electrons. The Balaban J connectivity index is 1.91. The lowest BCUT2D eigenvalue weighted by molar-refractivity contribution is 0.0586. The molecular formula is C16H24ClNO. The SMILES string of the molecule is CNCC(Cc1cccc(Cl)c1)CC1CCOCC1. The quantitative estimate of drug-likeness (QED) is 0.861. The third-order valence-electron chi connectivity index (χ3n) is 3.91. The van der Waals surface area contributed by atoms with Crippen LogP contribution in [0.4, 0.5) is 0 Å². The maximum Gasteiger partial charge on any atom is 0.0468 e. The fourth-order valence-electron chi connectivity index (χ4n) is 2.98. The van der Waals surface area contributed by atoms with Crippen molar-refractivity contribution >= 4 is 11.6 Å². The van der Waals surface area contributed by atoms with Gasteiger partial charge in [0, 0.05) is 18.2 Å². The highest BCUT2D eigenvalue weighted by molar-refractivity contribution is 6.30. The zero-order chi connectivity index (χ0) is 13.5. The fourth-order valence-corrected chi connectivity index (χ4v) is 3.19. The van der Waals surface area contributed by atoms with Crippen molar-refractivity contribution in [2.45, 2.75) is 25.7 Å². The smallest absolute Gasteiger partial charge is 0.0468 e. The summed E-state index contributed by atoms with van der Waals surface area (Å²) in [4.78, 5) is 0. The lowest BCUT2D eigenvalue weighted by atomic mass is 9.85. The van der Waals surface area contributed by atoms with E-state index in [0.717, 1.165) is 37.1 Å². The van der Waals surface area contributed by atoms with Gasteiger partial charge in [0.1, 0.15) is 0 Å². The molecule has 3 heteroatoms. The zero-order valence-electron chi connectivity index (χ0n) is 11.7. The number of nitrogens with one attached hydrogen (secondary N) is 1. The van der Waals surface area contributed by atoms with Gasteiger partial charge in [0.25, 0.3) is 0 Å². The van der Waals surface area contributed by atoms with Gasteiger partial charge in [-0.1, -0.05) is 23.7 Å². The van der Waals surface area contributed by atoms with Crippen LogP contribution >= 0.6 is 11.6 Å². The van der Waals surface area contributed by atoms with Gasteiger partial charge < -0.3 is 10.1 Å². The number of halogens is 1. The second-order valence-electron chi connectivity index (χ2n) is 5.55. The molecule has 2 nitrogen and oxygen atoms in total. The largest absolute Gasteiger partial charge is 0.381 e. The molecule has 0 spiro atoms. The average Bonchev–Trinajstić information content (AvgIpc) is 2.40. The minimum absolute atomic E-state index is 0.687. The van der Waals surface area contributed by atoms with Crippen molar-refractivity contribution in [3.8, 4) is 0 Å². The molecule has 1 heterocycles. The summed E-state index contributed by atoms with van der Waals surface area (Å²) in [7, 11) is 2.04. The van der Waals surface area contributed by atoms with Crippen LogP contribution < -0.4 is 5.32 Å². The monoisotopic (exact) mass is 281 g/mol. The number of hydrogen-bond acceptors (Lipinski definition) is 2. The van der Waals surface area contributed by atoms with E-state index >= 15 is 0 Å². The molecule has 0 radical (unpaired) electrons. The van der Waals surface area contributed by atoms with E-state index < -0.39 is 0 Å². The fraction of sp³-hybridized carbons (Fsp3) is 0.625. The molecule has 0 bridgehead atoms. The summed E-state index contributed by atoms with van der Waals surface area (Å²) in [5, 5.41) is 4.17. The van der Waals surface area contributed by atoms with Crippen LogP contribution in [-0.4, -0.2) is 26.8 Å². The first kappa shape index (κ1) is 14.8. The minimum Gasteiger partial charge on any atom is -0.381 e. The Morgan fingerprint density at radius 1 is 1.37 bits per heavy atom. The van der Waals surface area contributed by atoms with Crippen LogP contribution in [0.1, 0.15) is 24.8 Å². The van der Waals surface area contributed by atoms with E-state index in [4.69, 9.17) is 16.3 Å². The van der Waals surface area contributed by atoms with Gasteiger partial charge in [-0.3, -0.25) is 0 Å². The third-order valence-corrected chi connectivity index (χ3v) is 4.15. The van der Waals surface area contributed by atoms with Crippen LogP contribution in [0.25, 0.3) is 0 Å². The normalized spacial score (nSPS) is 18.4. The van der Waals surface area contributed by atoms with Crippen molar-refractivity contribution < 1.29 is 4.74 Å². The summed E-state index contributed by atoms with van der Waals surface area (Å²) in [5.41, 5.74) is 1.35. The Morgan fingerprint density at radius 3 is 2.84 bits per heavy atom. The second kappa shape index (κ2) is 7.88. The van der Waals surface area contributed by atoms with Gasteiger partial charge in [-0.25, -0.2) is 0 Å². The molecule has 1 aromatic rings. The predicted molar refractivity (Wildman–Crippen MR) is 80.7 cm³/mol. The van der Waals surface area contributed by atoms with Crippen LogP contribution in [-0.2, 0) is 11.2 Å². The second-order valence-corrected chi connectivity index (χ2v) is 5.99. The highest BCUT2D eigenvalue weighted by Crippen LogP contribution is 2.25. The molecule has 1 aromatic carbocycles. The van der Waals surface area contributed by atoms with Crippen molar-refractivity contribution in [2.24, 2.45) is 11.8 Å². The number of benzene rings is 1. The first-order valence-corrected chi connectivity index (χ1v) is 7.62. The highest BCUT2D eigenvalue weighted by atomic mass is 35.5. The molecule has 19 heavy (non-hydrogen) atoms. The van der Waals surface area contributed by atoms with Crippen molar-refractivity contribution in [1.82, 2.24) is 5.32 Å². The molecule has 1 N–H and O–H groups in total. The Kier molecular flexibility index (Phi) is 6.15. The van der Waals surface area contributed by atoms with Gasteiger partial charge in [0.15, 0.2) is 0 Å². The Morgan fingerprint density at radius 2 is 2.16 bits per heavy atom. The van der Waals surface area contributed by atoms with E-state index in [0.29, 0.717) is 5.92 Å². The summed E-state index contributed by atoms with van der Waals surface area (Å²) in [6.45, 7) is 2.95. The van der Waals surface area contributed by atoms with Crippen LogP contribution in [0.15, 0.2) is 24.3 Å². The third kappa shape index (κ3) is 5.13. The Labute approximate surface area is 121 Å². The number of rotatable bonds is 6. The standard InChI is InChI=1S/C16H24ClNO/c1-18-12-15(9-13-5-7-19-8-6-13)10-14-3-2-4-16(17)11-14/h2-4,11,13,15,18H,5-10,12H2,1H3. The van der Waals surface area contributed by atoms with Crippen LogP contribution in [0.2, 0.25) is 5.02 Å². The first-order valence-electron chi connectivity index (χ1n) is 7.24. The number of hydrogen-bond donors (Lipinski definition) is 1. The predicted octanol–water partition coefficient (Wildman–Crippen LogP) is 3.53. The summed E-state index contributed by atoms with van der Waals surface area (Å²) in [5.74, 6) is 1.51. The molecule has 1 saturated heterocycles. The molecule has 1 aliphatic heterocycles. The highest BCUT2D eigenvalue weighted by Gasteiger charge is 2.19. The van der Waals surface area contributed by atoms with Gasteiger partial charge in [-0.2, -0.15) is 0 Å². The minimum atomic E-state index is 0.687. The van der Waals surface area contributed by atoms with Gasteiger partial charge in [-0.05, 0) is 68.8 Å². The van der Waals surface area contributed by atoms with E-state index in [1.165, 1.54) is 24.8 Å². The first-order chi connectivity index (χ1) is 9.28. The molecular weight excluding hydrogens is 258 g/mol. The molecule has 0 amide bonds. The van der Waals surface area contributed by atoms with Crippen molar-refractivity contribution in [3.63, 3.8) is 0 Å². The van der Waals surface area contributed by atoms with Gasteiger partial charge in [-0.15, -0.1) is 0 Å². The maximum absolute atomic E-state index is 6.07. The maximum atomic E-state index is 6.07. The molecule has 0 saturated carbocycles. The van der Waals surface area contributed by atoms with Gasteiger partial charge in [0.05, 0.1) is 0 Å². The van der Waals surface area contributed by atoms with Crippen LogP contribution in [0.3, 0.4) is 0 Å². The van der Waals surface area contributed by atoms with Gasteiger partial charge in [0.2, 0.25) is 0 Å². The van der Waals surface area contributed by atoms with Crippen molar-refractivity contribution in [2.75, 3.05) is 26.8 Å². The van der Waals surface area contributed by atoms with E-state index in [9.17, 15) is 0 Å².